The zero-order chi connectivity index (χ0) is 19.4. The number of nitrogens with zero attached hydrogens (tertiary/aromatic N) is 2. The molecular weight excluding hydrogens is 342 g/mol. The van der Waals surface area contributed by atoms with Gasteiger partial charge in [0.2, 0.25) is 0 Å². The van der Waals surface area contributed by atoms with Gasteiger partial charge in [-0.25, -0.2) is 4.98 Å². The molecule has 0 saturated carbocycles. The Kier molecular flexibility index (Phi) is 5.52. The summed E-state index contributed by atoms with van der Waals surface area (Å²) in [5.41, 5.74) is 11.7. The van der Waals surface area contributed by atoms with Gasteiger partial charge in [-0.05, 0) is 50.1 Å². The van der Waals surface area contributed by atoms with Gasteiger partial charge >= 0.3 is 0 Å². The molecule has 3 rings (SSSR count). The SMILES string of the molecule is C/C(N)=C(\C)Cc1cnc2[nH]c(-c3ccnc(C(=O)NCCO)c3)cc2c1. The van der Waals surface area contributed by atoms with Crippen LogP contribution >= 0.6 is 0 Å². The summed E-state index contributed by atoms with van der Waals surface area (Å²) in [4.78, 5) is 23.9. The monoisotopic (exact) mass is 365 g/mol. The molecule has 0 unspecified atom stereocenters. The third-order valence-electron chi connectivity index (χ3n) is 4.37. The number of hydrogen-bond donors (Lipinski definition) is 4. The predicted molar refractivity (Wildman–Crippen MR) is 105 cm³/mol. The average Bonchev–Trinajstić information content (AvgIpc) is 3.09. The van der Waals surface area contributed by atoms with Crippen LogP contribution in [0.2, 0.25) is 0 Å². The maximum absolute atomic E-state index is 12.0. The molecule has 7 nitrogen and oxygen atoms in total. The summed E-state index contributed by atoms with van der Waals surface area (Å²) in [7, 11) is 0. The van der Waals surface area contributed by atoms with E-state index in [0.29, 0.717) is 5.69 Å². The fourth-order valence-corrected chi connectivity index (χ4v) is 2.74. The van der Waals surface area contributed by atoms with Crippen molar-refractivity contribution in [2.45, 2.75) is 20.3 Å². The summed E-state index contributed by atoms with van der Waals surface area (Å²) in [6.45, 7) is 4.00. The molecule has 140 valence electrons. The number of carbonyl (C=O) groups is 1. The van der Waals surface area contributed by atoms with E-state index in [9.17, 15) is 4.79 Å². The highest BCUT2D eigenvalue weighted by molar-refractivity contribution is 5.93. The van der Waals surface area contributed by atoms with Crippen LogP contribution in [0.4, 0.5) is 0 Å². The van der Waals surface area contributed by atoms with Gasteiger partial charge in [0, 0.05) is 41.3 Å². The highest BCUT2D eigenvalue weighted by atomic mass is 16.3. The number of pyridine rings is 2. The second-order valence-corrected chi connectivity index (χ2v) is 6.51. The number of nitrogens with one attached hydrogen (secondary N) is 2. The van der Waals surface area contributed by atoms with Gasteiger partial charge in [0.15, 0.2) is 0 Å². The molecule has 3 aromatic heterocycles. The second kappa shape index (κ2) is 8.01. The normalized spacial score (nSPS) is 12.1. The lowest BCUT2D eigenvalue weighted by atomic mass is 10.1. The summed E-state index contributed by atoms with van der Waals surface area (Å²) in [5.74, 6) is -0.318. The standard InChI is InChI=1S/C20H23N5O2/c1-12(13(2)21)7-14-8-16-10-17(25-19(16)24-11-14)15-3-4-22-18(9-15)20(27)23-5-6-26/h3-4,8-11,26H,5-7,21H2,1-2H3,(H,23,27)(H,24,25)/b13-12-. The number of rotatable bonds is 6. The van der Waals surface area contributed by atoms with Crippen molar-refractivity contribution < 1.29 is 9.90 Å². The lowest BCUT2D eigenvalue weighted by Gasteiger charge is -2.04. The lowest BCUT2D eigenvalue weighted by molar-refractivity contribution is 0.0940. The third kappa shape index (κ3) is 4.32. The maximum Gasteiger partial charge on any atom is 0.269 e. The number of aliphatic hydroxyl groups is 1. The fraction of sp³-hybridized carbons (Fsp3) is 0.250. The Labute approximate surface area is 157 Å². The highest BCUT2D eigenvalue weighted by Crippen LogP contribution is 2.24. The largest absolute Gasteiger partial charge is 0.402 e. The molecule has 0 atom stereocenters. The van der Waals surface area contributed by atoms with E-state index in [2.05, 4.69) is 26.3 Å². The van der Waals surface area contributed by atoms with Crippen LogP contribution in [0.15, 0.2) is 47.9 Å². The molecule has 0 radical (unpaired) electrons. The third-order valence-corrected chi connectivity index (χ3v) is 4.37. The maximum atomic E-state index is 12.0. The highest BCUT2D eigenvalue weighted by Gasteiger charge is 2.11. The Morgan fingerprint density at radius 2 is 2.07 bits per heavy atom. The van der Waals surface area contributed by atoms with Crippen LogP contribution in [0.5, 0.6) is 0 Å². The number of nitrogens with two attached hydrogens (primary N) is 1. The first-order valence-electron chi connectivity index (χ1n) is 8.73. The summed E-state index contributed by atoms with van der Waals surface area (Å²) in [6.07, 6.45) is 4.19. The van der Waals surface area contributed by atoms with Crippen molar-refractivity contribution in [3.05, 3.63) is 59.2 Å². The molecule has 1 amide bonds. The minimum atomic E-state index is -0.318. The average molecular weight is 365 g/mol. The number of hydrogen-bond acceptors (Lipinski definition) is 5. The van der Waals surface area contributed by atoms with Crippen LogP contribution in [0.1, 0.15) is 29.9 Å². The molecule has 0 fully saturated rings. The zero-order valence-electron chi connectivity index (χ0n) is 15.4. The molecule has 0 aromatic carbocycles. The van der Waals surface area contributed by atoms with E-state index >= 15 is 0 Å². The van der Waals surface area contributed by atoms with Gasteiger partial charge in [0.1, 0.15) is 11.3 Å². The first kappa shape index (κ1) is 18.6. The Morgan fingerprint density at radius 3 is 2.81 bits per heavy atom. The van der Waals surface area contributed by atoms with Crippen LogP contribution in [0.25, 0.3) is 22.3 Å². The van der Waals surface area contributed by atoms with Gasteiger partial charge in [-0.15, -0.1) is 0 Å². The molecule has 0 aliphatic rings. The van der Waals surface area contributed by atoms with Crippen LogP contribution < -0.4 is 11.1 Å². The molecule has 5 N–H and O–H groups in total. The Morgan fingerprint density at radius 1 is 1.26 bits per heavy atom. The molecule has 0 aliphatic heterocycles. The zero-order valence-corrected chi connectivity index (χ0v) is 15.4. The molecule has 0 spiro atoms. The van der Waals surface area contributed by atoms with E-state index in [1.165, 1.54) is 0 Å². The molecule has 3 aromatic rings. The Balaban J connectivity index is 1.89. The van der Waals surface area contributed by atoms with Crippen LogP contribution in [0, 0.1) is 0 Å². The van der Waals surface area contributed by atoms with Crippen LogP contribution in [0.3, 0.4) is 0 Å². The number of carbonyl (C=O) groups excluding carboxylic acids is 1. The molecule has 3 heterocycles. The molecule has 7 heteroatoms. The van der Waals surface area contributed by atoms with E-state index in [0.717, 1.165) is 45.5 Å². The number of aromatic amines is 1. The van der Waals surface area contributed by atoms with Gasteiger partial charge in [-0.3, -0.25) is 9.78 Å². The van der Waals surface area contributed by atoms with Crippen LogP contribution in [-0.2, 0) is 6.42 Å². The van der Waals surface area contributed by atoms with Gasteiger partial charge in [-0.2, -0.15) is 0 Å². The Hall–Kier alpha value is -3.19. The van der Waals surface area contributed by atoms with E-state index in [1.807, 2.05) is 32.2 Å². The summed E-state index contributed by atoms with van der Waals surface area (Å²) < 4.78 is 0. The molecular formula is C20H23N5O2. The first-order chi connectivity index (χ1) is 13.0. The minimum Gasteiger partial charge on any atom is -0.402 e. The second-order valence-electron chi connectivity index (χ2n) is 6.51. The number of fused-ring (bicyclic) bond motifs is 1. The van der Waals surface area contributed by atoms with Crippen molar-refractivity contribution in [2.75, 3.05) is 13.2 Å². The van der Waals surface area contributed by atoms with E-state index < -0.39 is 0 Å². The summed E-state index contributed by atoms with van der Waals surface area (Å²) in [6, 6.07) is 7.64. The summed E-state index contributed by atoms with van der Waals surface area (Å²) in [5, 5.41) is 12.4. The molecule has 27 heavy (non-hydrogen) atoms. The molecule has 0 bridgehead atoms. The van der Waals surface area contributed by atoms with Gasteiger partial charge in [0.05, 0.1) is 6.61 Å². The lowest BCUT2D eigenvalue weighted by Crippen LogP contribution is -2.27. The van der Waals surface area contributed by atoms with Crippen LogP contribution in [-0.4, -0.2) is 39.1 Å². The molecule has 0 aliphatic carbocycles. The van der Waals surface area contributed by atoms with Crippen molar-refractivity contribution in [2.24, 2.45) is 5.73 Å². The molecule has 0 saturated heterocycles. The Bertz CT molecular complexity index is 1000. The quantitative estimate of drug-likeness (QED) is 0.534. The van der Waals surface area contributed by atoms with E-state index in [1.54, 1.807) is 12.3 Å². The van der Waals surface area contributed by atoms with Crippen molar-refractivity contribution in [1.29, 1.82) is 0 Å². The van der Waals surface area contributed by atoms with E-state index in [-0.39, 0.29) is 19.1 Å². The number of aromatic nitrogens is 3. The van der Waals surface area contributed by atoms with Crippen molar-refractivity contribution in [3.8, 4) is 11.3 Å². The fourth-order valence-electron chi connectivity index (χ4n) is 2.74. The number of H-pyrrole nitrogens is 1. The van der Waals surface area contributed by atoms with Gasteiger partial charge in [-0.1, -0.05) is 5.57 Å². The van der Waals surface area contributed by atoms with Crippen molar-refractivity contribution >= 4 is 16.9 Å². The van der Waals surface area contributed by atoms with Gasteiger partial charge in [0.25, 0.3) is 5.91 Å². The van der Waals surface area contributed by atoms with Gasteiger partial charge < -0.3 is 21.1 Å². The number of amides is 1. The van der Waals surface area contributed by atoms with Crippen molar-refractivity contribution in [1.82, 2.24) is 20.3 Å². The number of allylic oxidation sites excluding steroid dienone is 2. The number of aliphatic hydroxyl groups excluding tert-OH is 1. The smallest absolute Gasteiger partial charge is 0.269 e. The first-order valence-corrected chi connectivity index (χ1v) is 8.73. The predicted octanol–water partition coefficient (Wildman–Crippen LogP) is 2.14. The van der Waals surface area contributed by atoms with Crippen molar-refractivity contribution in [3.63, 3.8) is 0 Å². The minimum absolute atomic E-state index is 0.111. The summed E-state index contributed by atoms with van der Waals surface area (Å²) >= 11 is 0. The topological polar surface area (TPSA) is 117 Å². The van der Waals surface area contributed by atoms with E-state index in [4.69, 9.17) is 10.8 Å².